The zero-order valence-corrected chi connectivity index (χ0v) is 9.62. The minimum atomic E-state index is 0.626. The molecule has 0 saturated carbocycles. The van der Waals surface area contributed by atoms with Gasteiger partial charge in [0.25, 0.3) is 0 Å². The number of imidazole rings is 1. The first-order valence-corrected chi connectivity index (χ1v) is 5.39. The van der Waals surface area contributed by atoms with Crippen LogP contribution >= 0.6 is 0 Å². The minimum absolute atomic E-state index is 0.626. The number of pyridine rings is 1. The molecule has 0 saturated heterocycles. The number of aryl methyl sites for hydroxylation is 2. The van der Waals surface area contributed by atoms with Crippen molar-refractivity contribution < 1.29 is 0 Å². The molecule has 2 heterocycles. The van der Waals surface area contributed by atoms with Crippen LogP contribution < -0.4 is 5.73 Å². The molecule has 4 nitrogen and oxygen atoms in total. The Balaban J connectivity index is 2.50. The van der Waals surface area contributed by atoms with Crippen LogP contribution in [0.1, 0.15) is 17.1 Å². The zero-order valence-electron chi connectivity index (χ0n) is 9.62. The van der Waals surface area contributed by atoms with Crippen molar-refractivity contribution in [3.63, 3.8) is 0 Å². The smallest absolute Gasteiger partial charge is 0.103 e. The second-order valence-corrected chi connectivity index (χ2v) is 3.87. The fraction of sp³-hybridized carbons (Fsp3) is 0.333. The molecule has 0 bridgehead atoms. The molecule has 0 aliphatic heterocycles. The maximum Gasteiger partial charge on any atom is 0.103 e. The van der Waals surface area contributed by atoms with Gasteiger partial charge in [0.1, 0.15) is 5.82 Å². The van der Waals surface area contributed by atoms with Gasteiger partial charge in [-0.05, 0) is 38.4 Å². The summed E-state index contributed by atoms with van der Waals surface area (Å²) in [5, 5.41) is 0. The Morgan fingerprint density at radius 2 is 2.19 bits per heavy atom. The number of nitrogens with zero attached hydrogens (tertiary/aromatic N) is 2. The van der Waals surface area contributed by atoms with Crippen molar-refractivity contribution in [2.75, 3.05) is 6.54 Å². The molecule has 84 valence electrons. The molecule has 2 rings (SSSR count). The molecule has 0 fully saturated rings. The Bertz CT molecular complexity index is 488. The van der Waals surface area contributed by atoms with Crippen LogP contribution in [0.25, 0.3) is 11.3 Å². The van der Waals surface area contributed by atoms with Crippen molar-refractivity contribution in [2.45, 2.75) is 20.3 Å². The van der Waals surface area contributed by atoms with E-state index in [2.05, 4.69) is 15.0 Å². The standard InChI is InChI=1S/C12H16N4/c1-8-12(16-9(2)15-8)11-4-6-14-7-10(11)3-5-13/h4,6-7H,3,5,13H2,1-2H3,(H,15,16). The molecule has 4 heteroatoms. The van der Waals surface area contributed by atoms with Gasteiger partial charge in [-0.1, -0.05) is 0 Å². The van der Waals surface area contributed by atoms with Crippen LogP contribution in [-0.2, 0) is 6.42 Å². The average molecular weight is 216 g/mol. The van der Waals surface area contributed by atoms with Gasteiger partial charge in [0, 0.05) is 23.7 Å². The third-order valence-electron chi connectivity index (χ3n) is 2.58. The van der Waals surface area contributed by atoms with E-state index >= 15 is 0 Å². The van der Waals surface area contributed by atoms with Crippen molar-refractivity contribution in [3.8, 4) is 11.3 Å². The van der Waals surface area contributed by atoms with E-state index in [1.807, 2.05) is 26.1 Å². The summed E-state index contributed by atoms with van der Waals surface area (Å²) in [6.45, 7) is 4.61. The van der Waals surface area contributed by atoms with E-state index in [1.54, 1.807) is 6.20 Å². The highest BCUT2D eigenvalue weighted by molar-refractivity contribution is 5.65. The highest BCUT2D eigenvalue weighted by Crippen LogP contribution is 2.24. The first kappa shape index (κ1) is 10.8. The summed E-state index contributed by atoms with van der Waals surface area (Å²) in [7, 11) is 0. The van der Waals surface area contributed by atoms with Gasteiger partial charge in [-0.15, -0.1) is 0 Å². The monoisotopic (exact) mass is 216 g/mol. The third-order valence-corrected chi connectivity index (χ3v) is 2.58. The lowest BCUT2D eigenvalue weighted by Gasteiger charge is -2.06. The molecule has 2 aromatic rings. The summed E-state index contributed by atoms with van der Waals surface area (Å²) in [6, 6.07) is 1.99. The van der Waals surface area contributed by atoms with Crippen molar-refractivity contribution in [2.24, 2.45) is 5.73 Å². The van der Waals surface area contributed by atoms with Gasteiger partial charge in [0.05, 0.1) is 5.69 Å². The normalized spacial score (nSPS) is 10.7. The lowest BCUT2D eigenvalue weighted by Crippen LogP contribution is -2.04. The van der Waals surface area contributed by atoms with Crippen LogP contribution in [0.2, 0.25) is 0 Å². The van der Waals surface area contributed by atoms with Crippen LogP contribution in [0, 0.1) is 13.8 Å². The summed E-state index contributed by atoms with van der Waals surface area (Å²) in [6.07, 6.45) is 4.49. The fourth-order valence-electron chi connectivity index (χ4n) is 1.89. The Morgan fingerprint density at radius 3 is 2.81 bits per heavy atom. The van der Waals surface area contributed by atoms with Crippen LogP contribution in [0.3, 0.4) is 0 Å². The molecular formula is C12H16N4. The van der Waals surface area contributed by atoms with E-state index < -0.39 is 0 Å². The van der Waals surface area contributed by atoms with Crippen LogP contribution in [0.4, 0.5) is 0 Å². The molecule has 0 radical (unpaired) electrons. The summed E-state index contributed by atoms with van der Waals surface area (Å²) >= 11 is 0. The van der Waals surface area contributed by atoms with Gasteiger partial charge < -0.3 is 10.7 Å². The van der Waals surface area contributed by atoms with Crippen LogP contribution in [0.5, 0.6) is 0 Å². The van der Waals surface area contributed by atoms with E-state index in [4.69, 9.17) is 5.73 Å². The maximum absolute atomic E-state index is 5.59. The van der Waals surface area contributed by atoms with E-state index in [1.165, 1.54) is 0 Å². The summed E-state index contributed by atoms with van der Waals surface area (Å²) < 4.78 is 0. The number of hydrogen-bond acceptors (Lipinski definition) is 3. The first-order valence-electron chi connectivity index (χ1n) is 5.39. The van der Waals surface area contributed by atoms with Crippen molar-refractivity contribution in [3.05, 3.63) is 35.5 Å². The van der Waals surface area contributed by atoms with Crippen LogP contribution in [0.15, 0.2) is 18.5 Å². The van der Waals surface area contributed by atoms with E-state index in [0.29, 0.717) is 6.54 Å². The number of aromatic nitrogens is 3. The van der Waals surface area contributed by atoms with Gasteiger partial charge in [-0.25, -0.2) is 4.98 Å². The molecule has 2 aromatic heterocycles. The highest BCUT2D eigenvalue weighted by Gasteiger charge is 2.10. The molecule has 0 amide bonds. The first-order chi connectivity index (χ1) is 7.72. The van der Waals surface area contributed by atoms with Crippen molar-refractivity contribution >= 4 is 0 Å². The Hall–Kier alpha value is -1.68. The fourth-order valence-corrected chi connectivity index (χ4v) is 1.89. The second-order valence-electron chi connectivity index (χ2n) is 3.87. The quantitative estimate of drug-likeness (QED) is 0.818. The van der Waals surface area contributed by atoms with E-state index in [9.17, 15) is 0 Å². The van der Waals surface area contributed by atoms with Gasteiger partial charge in [0.2, 0.25) is 0 Å². The highest BCUT2D eigenvalue weighted by atomic mass is 14.9. The number of aromatic amines is 1. The second kappa shape index (κ2) is 4.45. The SMILES string of the molecule is Cc1nc(-c2ccncc2CCN)c(C)[nH]1. The molecule has 0 aliphatic carbocycles. The molecule has 0 spiro atoms. The van der Waals surface area contributed by atoms with Gasteiger partial charge in [-0.2, -0.15) is 0 Å². The third kappa shape index (κ3) is 1.97. The minimum Gasteiger partial charge on any atom is -0.346 e. The van der Waals surface area contributed by atoms with E-state index in [-0.39, 0.29) is 0 Å². The molecule has 16 heavy (non-hydrogen) atoms. The maximum atomic E-state index is 5.59. The Labute approximate surface area is 94.9 Å². The Kier molecular flexibility index (Phi) is 3.01. The molecule has 0 unspecified atom stereocenters. The molecular weight excluding hydrogens is 200 g/mol. The predicted molar refractivity (Wildman–Crippen MR) is 64.1 cm³/mol. The molecule has 0 atom stereocenters. The molecule has 3 N–H and O–H groups in total. The van der Waals surface area contributed by atoms with Gasteiger partial charge in [0.15, 0.2) is 0 Å². The lowest BCUT2D eigenvalue weighted by molar-refractivity contribution is 0.959. The van der Waals surface area contributed by atoms with Crippen molar-refractivity contribution in [1.82, 2.24) is 15.0 Å². The number of nitrogens with two attached hydrogens (primary N) is 1. The largest absolute Gasteiger partial charge is 0.346 e. The van der Waals surface area contributed by atoms with Gasteiger partial charge in [-0.3, -0.25) is 4.98 Å². The lowest BCUT2D eigenvalue weighted by atomic mass is 10.0. The average Bonchev–Trinajstić information content (AvgIpc) is 2.59. The number of H-pyrrole nitrogens is 1. The Morgan fingerprint density at radius 1 is 1.38 bits per heavy atom. The van der Waals surface area contributed by atoms with E-state index in [0.717, 1.165) is 34.8 Å². The summed E-state index contributed by atoms with van der Waals surface area (Å²) in [4.78, 5) is 11.8. The zero-order chi connectivity index (χ0) is 11.5. The number of nitrogens with one attached hydrogen (secondary N) is 1. The summed E-state index contributed by atoms with van der Waals surface area (Å²) in [5.41, 5.74) is 9.96. The van der Waals surface area contributed by atoms with Crippen molar-refractivity contribution in [1.29, 1.82) is 0 Å². The molecule has 0 aliphatic rings. The molecule has 0 aromatic carbocycles. The van der Waals surface area contributed by atoms with Crippen LogP contribution in [-0.4, -0.2) is 21.5 Å². The summed E-state index contributed by atoms with van der Waals surface area (Å²) in [5.74, 6) is 0.933. The number of rotatable bonds is 3. The number of hydrogen-bond donors (Lipinski definition) is 2. The topological polar surface area (TPSA) is 67.6 Å². The van der Waals surface area contributed by atoms with Gasteiger partial charge >= 0.3 is 0 Å². The predicted octanol–water partition coefficient (Wildman–Crippen LogP) is 1.59.